The smallest absolute Gasteiger partial charge is 0.224 e. The van der Waals surface area contributed by atoms with Crippen molar-refractivity contribution in [3.05, 3.63) is 11.8 Å². The maximum absolute atomic E-state index is 5.25. The molecule has 5 heteroatoms. The number of hydrogen-bond donors (Lipinski definition) is 1. The molecule has 1 N–H and O–H groups in total. The Labute approximate surface area is 122 Å². The Morgan fingerprint density at radius 1 is 1.30 bits per heavy atom. The third-order valence-electron chi connectivity index (χ3n) is 3.47. The van der Waals surface area contributed by atoms with E-state index >= 15 is 0 Å². The molecule has 0 unspecified atom stereocenters. The number of rotatable bonds is 9. The summed E-state index contributed by atoms with van der Waals surface area (Å²) in [5.41, 5.74) is 1.11. The summed E-state index contributed by atoms with van der Waals surface area (Å²) in [6.45, 7) is 10.9. The summed E-state index contributed by atoms with van der Waals surface area (Å²) in [6, 6.07) is 0.480. The van der Waals surface area contributed by atoms with Gasteiger partial charge in [0.1, 0.15) is 5.82 Å². The topological polar surface area (TPSA) is 50.3 Å². The maximum atomic E-state index is 5.25. The van der Waals surface area contributed by atoms with Gasteiger partial charge in [0.25, 0.3) is 0 Å². The maximum Gasteiger partial charge on any atom is 0.224 e. The Balaban J connectivity index is 3.07. The van der Waals surface area contributed by atoms with E-state index in [1.165, 1.54) is 0 Å². The number of nitrogens with one attached hydrogen (secondary N) is 1. The van der Waals surface area contributed by atoms with Gasteiger partial charge in [0, 0.05) is 38.0 Å². The predicted octanol–water partition coefficient (Wildman–Crippen LogP) is 2.86. The summed E-state index contributed by atoms with van der Waals surface area (Å²) in [6.07, 6.45) is 4.09. The van der Waals surface area contributed by atoms with Crippen molar-refractivity contribution in [2.45, 2.75) is 46.6 Å². The molecule has 1 heterocycles. The van der Waals surface area contributed by atoms with Crippen LogP contribution in [0.3, 0.4) is 0 Å². The van der Waals surface area contributed by atoms with Gasteiger partial charge in [-0.3, -0.25) is 0 Å². The lowest BCUT2D eigenvalue weighted by atomic mass is 10.1. The molecule has 0 aliphatic heterocycles. The molecule has 0 fully saturated rings. The molecule has 5 nitrogen and oxygen atoms in total. The summed E-state index contributed by atoms with van der Waals surface area (Å²) >= 11 is 0. The van der Waals surface area contributed by atoms with E-state index in [-0.39, 0.29) is 0 Å². The summed E-state index contributed by atoms with van der Waals surface area (Å²) in [7, 11) is 1.74. The molecule has 1 aromatic heterocycles. The van der Waals surface area contributed by atoms with Crippen LogP contribution in [0.25, 0.3) is 0 Å². The van der Waals surface area contributed by atoms with Gasteiger partial charge in [-0.05, 0) is 26.7 Å². The molecule has 0 aliphatic rings. The molecular formula is C15H28N4O. The van der Waals surface area contributed by atoms with Gasteiger partial charge in [-0.25, -0.2) is 4.98 Å². The fraction of sp³-hybridized carbons (Fsp3) is 0.733. The average Bonchev–Trinajstić information content (AvgIpc) is 2.46. The summed E-state index contributed by atoms with van der Waals surface area (Å²) in [5, 5.41) is 3.18. The molecule has 0 bridgehead atoms. The Bertz CT molecular complexity index is 393. The van der Waals surface area contributed by atoms with E-state index in [1.54, 1.807) is 7.11 Å². The van der Waals surface area contributed by atoms with Crippen LogP contribution < -0.4 is 10.2 Å². The van der Waals surface area contributed by atoms with Gasteiger partial charge in [0.05, 0.1) is 6.61 Å². The number of anilines is 2. The second kappa shape index (κ2) is 8.74. The van der Waals surface area contributed by atoms with E-state index in [9.17, 15) is 0 Å². The highest BCUT2D eigenvalue weighted by atomic mass is 16.5. The third-order valence-corrected chi connectivity index (χ3v) is 3.47. The first-order valence-electron chi connectivity index (χ1n) is 7.50. The largest absolute Gasteiger partial charge is 0.383 e. The Hall–Kier alpha value is -1.36. The van der Waals surface area contributed by atoms with Crippen molar-refractivity contribution in [1.82, 2.24) is 9.97 Å². The number of aryl methyl sites for hydroxylation is 1. The molecule has 1 rings (SSSR count). The predicted molar refractivity (Wildman–Crippen MR) is 84.5 cm³/mol. The van der Waals surface area contributed by atoms with Crippen molar-refractivity contribution in [2.75, 3.05) is 37.0 Å². The molecule has 114 valence electrons. The Morgan fingerprint density at radius 3 is 2.55 bits per heavy atom. The highest BCUT2D eigenvalue weighted by molar-refractivity contribution is 5.49. The van der Waals surface area contributed by atoms with Crippen LogP contribution in [0, 0.1) is 6.92 Å². The number of aromatic nitrogens is 2. The molecular weight excluding hydrogens is 252 g/mol. The van der Waals surface area contributed by atoms with Crippen LogP contribution >= 0.6 is 0 Å². The first kappa shape index (κ1) is 16.7. The van der Waals surface area contributed by atoms with E-state index in [1.807, 2.05) is 13.1 Å². The number of hydrogen-bond acceptors (Lipinski definition) is 5. The first-order chi connectivity index (χ1) is 9.67. The van der Waals surface area contributed by atoms with Crippen LogP contribution in [0.4, 0.5) is 11.8 Å². The van der Waals surface area contributed by atoms with Gasteiger partial charge in [0.15, 0.2) is 0 Å². The average molecular weight is 280 g/mol. The molecule has 0 atom stereocenters. The van der Waals surface area contributed by atoms with Crippen LogP contribution in [0.15, 0.2) is 6.20 Å². The molecule has 0 spiro atoms. The lowest BCUT2D eigenvalue weighted by Crippen LogP contribution is -2.38. The van der Waals surface area contributed by atoms with Crippen LogP contribution in [0.2, 0.25) is 0 Å². The van der Waals surface area contributed by atoms with Gasteiger partial charge >= 0.3 is 0 Å². The number of nitrogens with zero attached hydrogens (tertiary/aromatic N) is 3. The van der Waals surface area contributed by atoms with Gasteiger partial charge in [-0.15, -0.1) is 0 Å². The molecule has 0 saturated carbocycles. The Kier molecular flexibility index (Phi) is 7.30. The third kappa shape index (κ3) is 4.34. The lowest BCUT2D eigenvalue weighted by molar-refractivity contribution is 0.202. The van der Waals surface area contributed by atoms with Gasteiger partial charge in [0.2, 0.25) is 5.95 Å². The Morgan fingerprint density at radius 2 is 2.00 bits per heavy atom. The van der Waals surface area contributed by atoms with E-state index in [0.29, 0.717) is 18.6 Å². The molecule has 1 aromatic rings. The highest BCUT2D eigenvalue weighted by Gasteiger charge is 2.19. The van der Waals surface area contributed by atoms with Gasteiger partial charge < -0.3 is 15.0 Å². The molecule has 0 aromatic carbocycles. The summed E-state index contributed by atoms with van der Waals surface area (Å²) in [5.74, 6) is 1.71. The number of methoxy groups -OCH3 is 1. The monoisotopic (exact) mass is 280 g/mol. The zero-order chi connectivity index (χ0) is 15.0. The van der Waals surface area contributed by atoms with Crippen molar-refractivity contribution < 1.29 is 4.74 Å². The second-order valence-electron chi connectivity index (χ2n) is 4.89. The van der Waals surface area contributed by atoms with E-state index in [0.717, 1.165) is 37.3 Å². The minimum absolute atomic E-state index is 0.480. The van der Waals surface area contributed by atoms with Crippen molar-refractivity contribution in [1.29, 1.82) is 0 Å². The normalized spacial score (nSPS) is 10.9. The van der Waals surface area contributed by atoms with E-state index in [2.05, 4.69) is 41.0 Å². The van der Waals surface area contributed by atoms with Gasteiger partial charge in [-0.2, -0.15) is 4.98 Å². The lowest BCUT2D eigenvalue weighted by Gasteiger charge is -2.32. The molecule has 0 aliphatic carbocycles. The van der Waals surface area contributed by atoms with Crippen LogP contribution in [0.5, 0.6) is 0 Å². The van der Waals surface area contributed by atoms with Crippen molar-refractivity contribution in [2.24, 2.45) is 0 Å². The van der Waals surface area contributed by atoms with E-state index in [4.69, 9.17) is 4.74 Å². The van der Waals surface area contributed by atoms with Crippen LogP contribution in [0.1, 0.15) is 39.2 Å². The zero-order valence-electron chi connectivity index (χ0n) is 13.4. The van der Waals surface area contributed by atoms with E-state index < -0.39 is 0 Å². The standard InChI is InChI=1S/C15H28N4O/c1-6-13(7-2)19(9-10-20-5)14-12(4)11-17-15(18-14)16-8-3/h11,13H,6-10H2,1-5H3,(H,16,17,18). The minimum atomic E-state index is 0.480. The fourth-order valence-electron chi connectivity index (χ4n) is 2.35. The molecule has 20 heavy (non-hydrogen) atoms. The second-order valence-corrected chi connectivity index (χ2v) is 4.89. The first-order valence-corrected chi connectivity index (χ1v) is 7.50. The quantitative estimate of drug-likeness (QED) is 0.754. The van der Waals surface area contributed by atoms with Crippen LogP contribution in [-0.4, -0.2) is 42.8 Å². The van der Waals surface area contributed by atoms with Crippen molar-refractivity contribution >= 4 is 11.8 Å². The number of ether oxygens (including phenoxy) is 1. The summed E-state index contributed by atoms with van der Waals surface area (Å²) < 4.78 is 5.25. The molecule has 0 radical (unpaired) electrons. The van der Waals surface area contributed by atoms with Crippen LogP contribution in [-0.2, 0) is 4.74 Å². The molecule has 0 amide bonds. The highest BCUT2D eigenvalue weighted by Crippen LogP contribution is 2.22. The van der Waals surface area contributed by atoms with Crippen molar-refractivity contribution in [3.8, 4) is 0 Å². The molecule has 0 saturated heterocycles. The minimum Gasteiger partial charge on any atom is -0.383 e. The fourth-order valence-corrected chi connectivity index (χ4v) is 2.35. The van der Waals surface area contributed by atoms with Crippen molar-refractivity contribution in [3.63, 3.8) is 0 Å². The summed E-state index contributed by atoms with van der Waals surface area (Å²) in [4.78, 5) is 11.4. The zero-order valence-corrected chi connectivity index (χ0v) is 13.4. The van der Waals surface area contributed by atoms with Gasteiger partial charge in [-0.1, -0.05) is 13.8 Å². The SMILES string of the molecule is CCNc1ncc(C)c(N(CCOC)C(CC)CC)n1.